The first-order valence-corrected chi connectivity index (χ1v) is 8.67. The van der Waals surface area contributed by atoms with Crippen LogP contribution in [0.25, 0.3) is 0 Å². The van der Waals surface area contributed by atoms with E-state index >= 15 is 0 Å². The van der Waals surface area contributed by atoms with E-state index in [1.54, 1.807) is 0 Å². The Kier molecular flexibility index (Phi) is 4.04. The lowest BCUT2D eigenvalue weighted by Crippen LogP contribution is -2.64. The van der Waals surface area contributed by atoms with Crippen LogP contribution in [0.15, 0.2) is 22.7 Å². The zero-order valence-corrected chi connectivity index (χ0v) is 14.5. The van der Waals surface area contributed by atoms with Crippen LogP contribution in [0.4, 0.5) is 5.69 Å². The number of anilines is 1. The number of nitrogens with one attached hydrogen (secondary N) is 1. The molecule has 4 heteroatoms. The molecule has 1 aromatic rings. The van der Waals surface area contributed by atoms with E-state index in [1.165, 1.54) is 18.5 Å². The molecule has 0 radical (unpaired) electrons. The van der Waals surface area contributed by atoms with Crippen LogP contribution in [-0.2, 0) is 0 Å². The Labute approximate surface area is 135 Å². The lowest BCUT2D eigenvalue weighted by atomic mass is 9.90. The number of nitrogens with zero attached hydrogens (tertiary/aromatic N) is 1. The van der Waals surface area contributed by atoms with Gasteiger partial charge >= 0.3 is 0 Å². The van der Waals surface area contributed by atoms with E-state index in [0.717, 1.165) is 34.9 Å². The largest absolute Gasteiger partial charge is 0.365 e. The van der Waals surface area contributed by atoms with Crippen molar-refractivity contribution in [2.24, 2.45) is 5.92 Å². The summed E-state index contributed by atoms with van der Waals surface area (Å²) in [5, 5.41) is 4.58. The van der Waals surface area contributed by atoms with Crippen molar-refractivity contribution in [3.05, 3.63) is 27.7 Å². The number of rotatable bonds is 3. The van der Waals surface area contributed by atoms with Crippen LogP contribution in [0, 0.1) is 5.92 Å². The van der Waals surface area contributed by atoms with Gasteiger partial charge in [0.25, 0.3) is 0 Å². The van der Waals surface area contributed by atoms with Crippen LogP contribution < -0.4 is 10.2 Å². The molecular weight excluding hydrogens is 336 g/mol. The second-order valence-electron chi connectivity index (χ2n) is 6.36. The van der Waals surface area contributed by atoms with Gasteiger partial charge in [0.1, 0.15) is 0 Å². The first-order chi connectivity index (χ1) is 9.53. The fourth-order valence-electron chi connectivity index (χ4n) is 3.32. The molecule has 3 rings (SSSR count). The van der Waals surface area contributed by atoms with E-state index in [-0.39, 0.29) is 5.54 Å². The molecule has 1 aliphatic carbocycles. The van der Waals surface area contributed by atoms with Gasteiger partial charge in [0.2, 0.25) is 0 Å². The standard InChI is InChI=1S/C16H22BrClN2/c1-3-12-9-19-16(2,11-4-5-11)10-20(12)13-6-7-15(18)14(17)8-13/h6-8,11-12,19H,3-5,9-10H2,1-2H3. The lowest BCUT2D eigenvalue weighted by Gasteiger charge is -2.48. The van der Waals surface area contributed by atoms with Gasteiger partial charge in [-0.2, -0.15) is 0 Å². The summed E-state index contributed by atoms with van der Waals surface area (Å²) in [5.74, 6) is 0.846. The molecule has 1 N–H and O–H groups in total. The maximum atomic E-state index is 6.13. The summed E-state index contributed by atoms with van der Waals surface area (Å²) >= 11 is 9.68. The monoisotopic (exact) mass is 356 g/mol. The van der Waals surface area contributed by atoms with Crippen LogP contribution in [0.5, 0.6) is 0 Å². The van der Waals surface area contributed by atoms with Crippen LogP contribution in [0.2, 0.25) is 5.02 Å². The second-order valence-corrected chi connectivity index (χ2v) is 7.62. The Balaban J connectivity index is 1.88. The van der Waals surface area contributed by atoms with Crippen molar-refractivity contribution in [1.29, 1.82) is 0 Å². The van der Waals surface area contributed by atoms with Gasteiger partial charge in [0, 0.05) is 34.8 Å². The molecule has 0 spiro atoms. The minimum atomic E-state index is 0.262. The molecule has 0 aromatic heterocycles. The molecule has 2 fully saturated rings. The highest BCUT2D eigenvalue weighted by Gasteiger charge is 2.45. The van der Waals surface area contributed by atoms with Crippen molar-refractivity contribution in [3.63, 3.8) is 0 Å². The molecule has 1 saturated heterocycles. The number of hydrogen-bond acceptors (Lipinski definition) is 2. The molecule has 2 atom stereocenters. The average Bonchev–Trinajstić information content (AvgIpc) is 3.27. The Morgan fingerprint density at radius 3 is 2.80 bits per heavy atom. The predicted molar refractivity (Wildman–Crippen MR) is 89.7 cm³/mol. The molecule has 1 aliphatic heterocycles. The second kappa shape index (κ2) is 5.51. The highest BCUT2D eigenvalue weighted by atomic mass is 79.9. The van der Waals surface area contributed by atoms with Crippen molar-refractivity contribution in [1.82, 2.24) is 5.32 Å². The first-order valence-electron chi connectivity index (χ1n) is 7.50. The lowest BCUT2D eigenvalue weighted by molar-refractivity contribution is 0.252. The molecule has 0 amide bonds. The molecule has 2 aliphatic rings. The van der Waals surface area contributed by atoms with Gasteiger partial charge < -0.3 is 10.2 Å². The third-order valence-electron chi connectivity index (χ3n) is 4.87. The molecule has 20 heavy (non-hydrogen) atoms. The number of piperazine rings is 1. The first kappa shape index (κ1) is 14.7. The van der Waals surface area contributed by atoms with E-state index < -0.39 is 0 Å². The highest BCUT2D eigenvalue weighted by Crippen LogP contribution is 2.42. The quantitative estimate of drug-likeness (QED) is 0.859. The van der Waals surface area contributed by atoms with E-state index in [9.17, 15) is 0 Å². The van der Waals surface area contributed by atoms with Crippen molar-refractivity contribution in [2.75, 3.05) is 18.0 Å². The van der Waals surface area contributed by atoms with E-state index in [0.29, 0.717) is 6.04 Å². The Morgan fingerprint density at radius 1 is 1.45 bits per heavy atom. The molecule has 2 nitrogen and oxygen atoms in total. The van der Waals surface area contributed by atoms with Gasteiger partial charge in [-0.25, -0.2) is 0 Å². The van der Waals surface area contributed by atoms with Gasteiger partial charge in [0.05, 0.1) is 5.02 Å². The number of hydrogen-bond donors (Lipinski definition) is 1. The molecule has 1 saturated carbocycles. The summed E-state index contributed by atoms with van der Waals surface area (Å²) in [6.45, 7) is 6.81. The normalized spacial score (nSPS) is 30.6. The zero-order valence-electron chi connectivity index (χ0n) is 12.1. The minimum Gasteiger partial charge on any atom is -0.365 e. The topological polar surface area (TPSA) is 15.3 Å². The number of benzene rings is 1. The molecule has 2 unspecified atom stereocenters. The van der Waals surface area contributed by atoms with E-state index in [1.807, 2.05) is 6.07 Å². The minimum absolute atomic E-state index is 0.262. The maximum absolute atomic E-state index is 6.13. The summed E-state index contributed by atoms with van der Waals surface area (Å²) in [4.78, 5) is 2.57. The van der Waals surface area contributed by atoms with Crippen LogP contribution in [0.1, 0.15) is 33.1 Å². The molecular formula is C16H22BrClN2. The third kappa shape index (κ3) is 2.72. The fourth-order valence-corrected chi connectivity index (χ4v) is 3.81. The summed E-state index contributed by atoms with van der Waals surface area (Å²) in [5.41, 5.74) is 1.54. The van der Waals surface area contributed by atoms with Gasteiger partial charge in [-0.1, -0.05) is 18.5 Å². The van der Waals surface area contributed by atoms with Gasteiger partial charge in [-0.05, 0) is 66.2 Å². The van der Waals surface area contributed by atoms with Gasteiger partial charge in [0.15, 0.2) is 0 Å². The summed E-state index contributed by atoms with van der Waals surface area (Å²) in [6, 6.07) is 6.86. The molecule has 110 valence electrons. The van der Waals surface area contributed by atoms with E-state index in [2.05, 4.69) is 52.1 Å². The smallest absolute Gasteiger partial charge is 0.0549 e. The Hall–Kier alpha value is -0.250. The number of halogens is 2. The van der Waals surface area contributed by atoms with Crippen molar-refractivity contribution in [3.8, 4) is 0 Å². The van der Waals surface area contributed by atoms with Gasteiger partial charge in [-0.15, -0.1) is 0 Å². The Bertz CT molecular complexity index is 503. The summed E-state index contributed by atoms with van der Waals surface area (Å²) in [7, 11) is 0. The molecule has 1 heterocycles. The SMILES string of the molecule is CCC1CNC(C)(C2CC2)CN1c1ccc(Cl)c(Br)c1. The van der Waals surface area contributed by atoms with Crippen LogP contribution in [0.3, 0.4) is 0 Å². The third-order valence-corrected chi connectivity index (χ3v) is 6.08. The van der Waals surface area contributed by atoms with Gasteiger partial charge in [-0.3, -0.25) is 0 Å². The summed E-state index contributed by atoms with van der Waals surface area (Å²) in [6.07, 6.45) is 3.91. The maximum Gasteiger partial charge on any atom is 0.0549 e. The zero-order chi connectivity index (χ0) is 14.3. The molecule has 1 aromatic carbocycles. The van der Waals surface area contributed by atoms with Crippen molar-refractivity contribution in [2.45, 2.75) is 44.7 Å². The van der Waals surface area contributed by atoms with Crippen LogP contribution >= 0.6 is 27.5 Å². The average molecular weight is 358 g/mol. The van der Waals surface area contributed by atoms with E-state index in [4.69, 9.17) is 11.6 Å². The van der Waals surface area contributed by atoms with Crippen molar-refractivity contribution >= 4 is 33.2 Å². The van der Waals surface area contributed by atoms with Crippen molar-refractivity contribution < 1.29 is 0 Å². The Morgan fingerprint density at radius 2 is 2.20 bits per heavy atom. The van der Waals surface area contributed by atoms with Crippen LogP contribution in [-0.4, -0.2) is 24.7 Å². The summed E-state index contributed by atoms with van der Waals surface area (Å²) < 4.78 is 0.984. The molecule has 0 bridgehead atoms. The predicted octanol–water partition coefficient (Wildman–Crippen LogP) is 4.46. The fraction of sp³-hybridized carbons (Fsp3) is 0.625. The highest BCUT2D eigenvalue weighted by molar-refractivity contribution is 9.10.